The summed E-state index contributed by atoms with van der Waals surface area (Å²) in [5.74, 6) is -0.405. The maximum absolute atomic E-state index is 12.7. The maximum atomic E-state index is 12.7. The summed E-state index contributed by atoms with van der Waals surface area (Å²) in [5, 5.41) is 12.0. The molecule has 2 aromatic rings. The molecule has 110 valence electrons. The van der Waals surface area contributed by atoms with Gasteiger partial charge in [0.1, 0.15) is 5.82 Å². The fourth-order valence-corrected chi connectivity index (χ4v) is 3.84. The molecule has 0 unspecified atom stereocenters. The van der Waals surface area contributed by atoms with Crippen LogP contribution in [0.3, 0.4) is 0 Å². The van der Waals surface area contributed by atoms with E-state index in [1.165, 1.54) is 0 Å². The number of carboxylic acid groups (broad SMARTS) is 1. The molecule has 0 saturated carbocycles. The Bertz CT molecular complexity index is 830. The summed E-state index contributed by atoms with van der Waals surface area (Å²) >= 11 is 0. The molecule has 2 aliphatic rings. The average Bonchev–Trinajstić information content (AvgIpc) is 2.96. The molecule has 1 amide bonds. The summed E-state index contributed by atoms with van der Waals surface area (Å²) in [6, 6.07) is 8.89. The van der Waals surface area contributed by atoms with Crippen molar-refractivity contribution in [1.82, 2.24) is 4.98 Å². The van der Waals surface area contributed by atoms with E-state index in [0.717, 1.165) is 16.7 Å². The van der Waals surface area contributed by atoms with E-state index in [0.29, 0.717) is 12.2 Å². The van der Waals surface area contributed by atoms with Crippen LogP contribution in [0.15, 0.2) is 36.5 Å². The zero-order valence-electron chi connectivity index (χ0n) is 12.0. The third-order valence-electron chi connectivity index (χ3n) is 4.99. The zero-order chi connectivity index (χ0) is 15.5. The van der Waals surface area contributed by atoms with Crippen molar-refractivity contribution < 1.29 is 14.7 Å². The normalized spacial score (nSPS) is 25.0. The van der Waals surface area contributed by atoms with Crippen molar-refractivity contribution in [2.75, 3.05) is 5.32 Å². The van der Waals surface area contributed by atoms with Gasteiger partial charge in [-0.3, -0.25) is 4.79 Å². The molecule has 0 saturated heterocycles. The molecule has 5 nitrogen and oxygen atoms in total. The molecule has 2 N–H and O–H groups in total. The first kappa shape index (κ1) is 13.0. The van der Waals surface area contributed by atoms with Crippen LogP contribution in [-0.2, 0) is 16.6 Å². The van der Waals surface area contributed by atoms with Crippen molar-refractivity contribution in [2.24, 2.45) is 0 Å². The summed E-state index contributed by atoms with van der Waals surface area (Å²) in [4.78, 5) is 28.1. The highest BCUT2D eigenvalue weighted by Crippen LogP contribution is 2.53. The van der Waals surface area contributed by atoms with Crippen LogP contribution in [-0.4, -0.2) is 22.0 Å². The highest BCUT2D eigenvalue weighted by Gasteiger charge is 2.55. The lowest BCUT2D eigenvalue weighted by atomic mass is 9.73. The van der Waals surface area contributed by atoms with Gasteiger partial charge in [0.2, 0.25) is 5.91 Å². The van der Waals surface area contributed by atoms with Crippen LogP contribution in [0.1, 0.15) is 39.9 Å². The number of rotatable bonds is 1. The van der Waals surface area contributed by atoms with Crippen LogP contribution in [0, 0.1) is 0 Å². The fourth-order valence-electron chi connectivity index (χ4n) is 3.84. The number of pyridine rings is 1. The number of carboxylic acids is 1. The summed E-state index contributed by atoms with van der Waals surface area (Å²) in [6.45, 7) is 2.02. The average molecular weight is 294 g/mol. The SMILES string of the molecule is C[C@@H]1c2ccc(C(=O)O)cc2C[C@@]12C(=O)Nc1ncccc12. The number of hydrogen-bond donors (Lipinski definition) is 2. The van der Waals surface area contributed by atoms with E-state index in [2.05, 4.69) is 10.3 Å². The molecule has 0 bridgehead atoms. The summed E-state index contributed by atoms with van der Waals surface area (Å²) in [6.07, 6.45) is 2.17. The number of aromatic nitrogens is 1. The van der Waals surface area contributed by atoms with Crippen molar-refractivity contribution in [3.05, 3.63) is 58.8 Å². The number of fused-ring (bicyclic) bond motifs is 3. The third-order valence-corrected chi connectivity index (χ3v) is 4.99. The minimum atomic E-state index is -0.950. The molecule has 1 spiro atoms. The Hall–Kier alpha value is -2.69. The topological polar surface area (TPSA) is 79.3 Å². The molecular weight excluding hydrogens is 280 g/mol. The number of aromatic carboxylic acids is 1. The number of carbonyl (C=O) groups is 2. The zero-order valence-corrected chi connectivity index (χ0v) is 12.0. The molecule has 1 aromatic heterocycles. The minimum absolute atomic E-state index is 0.0178. The molecule has 4 rings (SSSR count). The molecule has 1 aliphatic carbocycles. The molecule has 2 heterocycles. The van der Waals surface area contributed by atoms with E-state index in [1.807, 2.05) is 25.1 Å². The standard InChI is InChI=1S/C17H14N2O3/c1-9-12-5-4-10(15(20)21)7-11(12)8-17(9)13-3-2-6-18-14(13)19-16(17)22/h2-7,9H,8H2,1H3,(H,20,21)(H,18,19,22)/t9-,17-/m1/s1. The van der Waals surface area contributed by atoms with E-state index in [4.69, 9.17) is 5.11 Å². The second-order valence-corrected chi connectivity index (χ2v) is 5.94. The molecule has 22 heavy (non-hydrogen) atoms. The van der Waals surface area contributed by atoms with Crippen LogP contribution in [0.4, 0.5) is 5.82 Å². The molecule has 2 atom stereocenters. The van der Waals surface area contributed by atoms with Crippen molar-refractivity contribution in [2.45, 2.75) is 24.7 Å². The number of amides is 1. The Balaban J connectivity index is 1.89. The second kappa shape index (κ2) is 4.16. The lowest BCUT2D eigenvalue weighted by Gasteiger charge is -2.26. The van der Waals surface area contributed by atoms with Gasteiger partial charge < -0.3 is 10.4 Å². The molecular formula is C17H14N2O3. The van der Waals surface area contributed by atoms with E-state index < -0.39 is 11.4 Å². The first-order valence-corrected chi connectivity index (χ1v) is 7.17. The van der Waals surface area contributed by atoms with Crippen LogP contribution >= 0.6 is 0 Å². The largest absolute Gasteiger partial charge is 0.478 e. The van der Waals surface area contributed by atoms with Gasteiger partial charge in [-0.2, -0.15) is 0 Å². The Morgan fingerprint density at radius 3 is 3.00 bits per heavy atom. The summed E-state index contributed by atoms with van der Waals surface area (Å²) < 4.78 is 0. The van der Waals surface area contributed by atoms with E-state index in [-0.39, 0.29) is 17.4 Å². The van der Waals surface area contributed by atoms with Gasteiger partial charge >= 0.3 is 5.97 Å². The number of nitrogens with zero attached hydrogens (tertiary/aromatic N) is 1. The predicted molar refractivity (Wildman–Crippen MR) is 80.1 cm³/mol. The van der Waals surface area contributed by atoms with E-state index in [9.17, 15) is 9.59 Å². The van der Waals surface area contributed by atoms with Crippen molar-refractivity contribution >= 4 is 17.7 Å². The molecule has 5 heteroatoms. The smallest absolute Gasteiger partial charge is 0.335 e. The van der Waals surface area contributed by atoms with E-state index in [1.54, 1.807) is 18.3 Å². The van der Waals surface area contributed by atoms with Gasteiger partial charge in [0.05, 0.1) is 11.0 Å². The molecule has 0 fully saturated rings. The highest BCUT2D eigenvalue weighted by molar-refractivity contribution is 6.07. The predicted octanol–water partition coefficient (Wildman–Crippen LogP) is 2.33. The van der Waals surface area contributed by atoms with Crippen LogP contribution < -0.4 is 5.32 Å². The second-order valence-electron chi connectivity index (χ2n) is 5.94. The number of carbonyl (C=O) groups excluding carboxylic acids is 1. The monoisotopic (exact) mass is 294 g/mol. The highest BCUT2D eigenvalue weighted by atomic mass is 16.4. The number of benzene rings is 1. The van der Waals surface area contributed by atoms with Crippen LogP contribution in [0.25, 0.3) is 0 Å². The molecule has 0 radical (unpaired) electrons. The fraction of sp³-hybridized carbons (Fsp3) is 0.235. The Morgan fingerprint density at radius 1 is 1.41 bits per heavy atom. The summed E-state index contributed by atoms with van der Waals surface area (Å²) in [5.41, 5.74) is 2.45. The number of hydrogen-bond acceptors (Lipinski definition) is 3. The maximum Gasteiger partial charge on any atom is 0.335 e. The van der Waals surface area contributed by atoms with Crippen molar-refractivity contribution in [3.8, 4) is 0 Å². The van der Waals surface area contributed by atoms with Gasteiger partial charge in [-0.1, -0.05) is 19.1 Å². The van der Waals surface area contributed by atoms with Gasteiger partial charge in [0, 0.05) is 17.7 Å². The van der Waals surface area contributed by atoms with Gasteiger partial charge in [0.15, 0.2) is 0 Å². The third kappa shape index (κ3) is 1.45. The number of nitrogens with one attached hydrogen (secondary N) is 1. The Morgan fingerprint density at radius 2 is 2.23 bits per heavy atom. The minimum Gasteiger partial charge on any atom is -0.478 e. The summed E-state index contributed by atoms with van der Waals surface area (Å²) in [7, 11) is 0. The Labute approximate surface area is 127 Å². The van der Waals surface area contributed by atoms with Gasteiger partial charge in [0.25, 0.3) is 0 Å². The van der Waals surface area contributed by atoms with Crippen LogP contribution in [0.2, 0.25) is 0 Å². The quantitative estimate of drug-likeness (QED) is 0.846. The first-order chi connectivity index (χ1) is 10.5. The number of anilines is 1. The van der Waals surface area contributed by atoms with Gasteiger partial charge in [-0.05, 0) is 35.7 Å². The first-order valence-electron chi connectivity index (χ1n) is 7.17. The van der Waals surface area contributed by atoms with Gasteiger partial charge in [-0.15, -0.1) is 0 Å². The Kier molecular flexibility index (Phi) is 2.46. The van der Waals surface area contributed by atoms with Crippen molar-refractivity contribution in [3.63, 3.8) is 0 Å². The lowest BCUT2D eigenvalue weighted by molar-refractivity contribution is -0.121. The molecule has 1 aliphatic heterocycles. The lowest BCUT2D eigenvalue weighted by Crippen LogP contribution is -2.37. The van der Waals surface area contributed by atoms with E-state index >= 15 is 0 Å². The molecule has 1 aromatic carbocycles. The van der Waals surface area contributed by atoms with Crippen molar-refractivity contribution in [1.29, 1.82) is 0 Å². The van der Waals surface area contributed by atoms with Gasteiger partial charge in [-0.25, -0.2) is 9.78 Å². The van der Waals surface area contributed by atoms with Crippen LogP contribution in [0.5, 0.6) is 0 Å².